The lowest BCUT2D eigenvalue weighted by atomic mass is 9.70. The molecule has 1 aliphatic carbocycles. The van der Waals surface area contributed by atoms with Gasteiger partial charge in [-0.15, -0.1) is 11.3 Å². The van der Waals surface area contributed by atoms with Crippen LogP contribution in [0.3, 0.4) is 0 Å². The molecule has 1 saturated carbocycles. The molecule has 2 nitrogen and oxygen atoms in total. The third-order valence-corrected chi connectivity index (χ3v) is 5.72. The first kappa shape index (κ1) is 13.8. The van der Waals surface area contributed by atoms with Crippen molar-refractivity contribution in [2.45, 2.75) is 38.5 Å². The van der Waals surface area contributed by atoms with Gasteiger partial charge in [-0.2, -0.15) is 0 Å². The van der Waals surface area contributed by atoms with E-state index in [2.05, 4.69) is 17.5 Å². The lowest BCUT2D eigenvalue weighted by Crippen LogP contribution is -2.41. The molecule has 106 valence electrons. The van der Waals surface area contributed by atoms with Crippen LogP contribution in [-0.2, 0) is 11.2 Å². The van der Waals surface area contributed by atoms with Gasteiger partial charge in [-0.3, -0.25) is 4.79 Å². The second-order valence-corrected chi connectivity index (χ2v) is 6.81. The van der Waals surface area contributed by atoms with E-state index in [-0.39, 0.29) is 5.41 Å². The van der Waals surface area contributed by atoms with Crippen LogP contribution in [0.4, 0.5) is 0 Å². The molecule has 0 aliphatic heterocycles. The molecular weight excluding hydrogens is 266 g/mol. The number of carbonyl (C=O) groups is 1. The maximum absolute atomic E-state index is 12.8. The standard InChI is InChI=1S/C17H21NOS/c18-12-17(8-4-1-5-9-17)16(19)10-13-11-20-15-7-3-2-6-14(13)15/h2-3,6-7,11H,1,4-5,8-10,12,18H2. The second kappa shape index (κ2) is 5.66. The summed E-state index contributed by atoms with van der Waals surface area (Å²) in [6.45, 7) is 0.508. The normalized spacial score (nSPS) is 18.2. The highest BCUT2D eigenvalue weighted by atomic mass is 32.1. The number of rotatable bonds is 4. The highest BCUT2D eigenvalue weighted by Crippen LogP contribution is 2.38. The third kappa shape index (κ3) is 2.40. The van der Waals surface area contributed by atoms with E-state index in [0.717, 1.165) is 25.7 Å². The van der Waals surface area contributed by atoms with Crippen molar-refractivity contribution >= 4 is 27.2 Å². The molecular formula is C17H21NOS. The van der Waals surface area contributed by atoms with E-state index >= 15 is 0 Å². The average Bonchev–Trinajstić information content (AvgIpc) is 2.91. The van der Waals surface area contributed by atoms with E-state index < -0.39 is 0 Å². The zero-order valence-electron chi connectivity index (χ0n) is 11.7. The van der Waals surface area contributed by atoms with Crippen LogP contribution in [0, 0.1) is 5.41 Å². The second-order valence-electron chi connectivity index (χ2n) is 5.90. The van der Waals surface area contributed by atoms with Crippen molar-refractivity contribution in [1.29, 1.82) is 0 Å². The Kier molecular flexibility index (Phi) is 3.90. The molecule has 1 aromatic heterocycles. The summed E-state index contributed by atoms with van der Waals surface area (Å²) in [4.78, 5) is 12.8. The summed E-state index contributed by atoms with van der Waals surface area (Å²) in [7, 11) is 0. The van der Waals surface area contributed by atoms with Crippen LogP contribution < -0.4 is 5.73 Å². The first-order valence-electron chi connectivity index (χ1n) is 7.44. The minimum absolute atomic E-state index is 0.249. The summed E-state index contributed by atoms with van der Waals surface area (Å²) in [6.07, 6.45) is 6.03. The number of fused-ring (bicyclic) bond motifs is 1. The molecule has 0 amide bonds. The number of benzene rings is 1. The molecule has 1 heterocycles. The van der Waals surface area contributed by atoms with Gasteiger partial charge in [0.05, 0.1) is 0 Å². The molecule has 0 unspecified atom stereocenters. The lowest BCUT2D eigenvalue weighted by Gasteiger charge is -2.34. The van der Waals surface area contributed by atoms with Gasteiger partial charge in [-0.1, -0.05) is 37.5 Å². The maximum atomic E-state index is 12.8. The summed E-state index contributed by atoms with van der Waals surface area (Å²) in [5.74, 6) is 0.350. The van der Waals surface area contributed by atoms with E-state index in [0.29, 0.717) is 18.7 Å². The average molecular weight is 287 g/mol. The molecule has 1 aliphatic rings. The number of carbonyl (C=O) groups excluding carboxylic acids is 1. The van der Waals surface area contributed by atoms with Crippen molar-refractivity contribution in [2.24, 2.45) is 11.1 Å². The molecule has 2 N–H and O–H groups in total. The summed E-state index contributed by atoms with van der Waals surface area (Å²) in [5, 5.41) is 3.36. The van der Waals surface area contributed by atoms with E-state index in [4.69, 9.17) is 5.73 Å². The van der Waals surface area contributed by atoms with Crippen molar-refractivity contribution in [3.05, 3.63) is 35.2 Å². The van der Waals surface area contributed by atoms with Gasteiger partial charge in [0, 0.05) is 23.1 Å². The Bertz CT molecular complexity index is 610. The van der Waals surface area contributed by atoms with Crippen LogP contribution in [0.25, 0.3) is 10.1 Å². The van der Waals surface area contributed by atoms with Crippen molar-refractivity contribution in [3.63, 3.8) is 0 Å². The Hall–Kier alpha value is -1.19. The SMILES string of the molecule is NCC1(C(=O)Cc2csc3ccccc23)CCCCC1. The summed E-state index contributed by atoms with van der Waals surface area (Å²) >= 11 is 1.73. The zero-order valence-corrected chi connectivity index (χ0v) is 12.5. The van der Waals surface area contributed by atoms with Gasteiger partial charge in [0.1, 0.15) is 5.78 Å². The van der Waals surface area contributed by atoms with Crippen molar-refractivity contribution in [3.8, 4) is 0 Å². The Morgan fingerprint density at radius 3 is 2.70 bits per heavy atom. The Balaban J connectivity index is 1.84. The number of Topliss-reactive ketones (excluding diaryl/α,β-unsaturated/α-hetero) is 1. The number of hydrogen-bond acceptors (Lipinski definition) is 3. The van der Waals surface area contributed by atoms with E-state index in [9.17, 15) is 4.79 Å². The van der Waals surface area contributed by atoms with Gasteiger partial charge >= 0.3 is 0 Å². The molecule has 0 atom stereocenters. The minimum atomic E-state index is -0.249. The summed E-state index contributed by atoms with van der Waals surface area (Å²) < 4.78 is 1.26. The van der Waals surface area contributed by atoms with E-state index in [1.807, 2.05) is 12.1 Å². The van der Waals surface area contributed by atoms with Gasteiger partial charge < -0.3 is 5.73 Å². The van der Waals surface area contributed by atoms with Crippen LogP contribution in [0.2, 0.25) is 0 Å². The fourth-order valence-corrected chi connectivity index (χ4v) is 4.32. The lowest BCUT2D eigenvalue weighted by molar-refractivity contribution is -0.129. The Morgan fingerprint density at radius 2 is 1.95 bits per heavy atom. The largest absolute Gasteiger partial charge is 0.329 e. The molecule has 1 aromatic carbocycles. The van der Waals surface area contributed by atoms with Crippen LogP contribution in [0.15, 0.2) is 29.6 Å². The molecule has 0 saturated heterocycles. The smallest absolute Gasteiger partial charge is 0.144 e. The molecule has 0 radical (unpaired) electrons. The predicted octanol–water partition coefficient (Wildman–Crippen LogP) is 3.92. The third-order valence-electron chi connectivity index (χ3n) is 4.71. The van der Waals surface area contributed by atoms with Gasteiger partial charge in [-0.25, -0.2) is 0 Å². The van der Waals surface area contributed by atoms with Crippen LogP contribution in [0.1, 0.15) is 37.7 Å². The van der Waals surface area contributed by atoms with Gasteiger partial charge in [0.2, 0.25) is 0 Å². The topological polar surface area (TPSA) is 43.1 Å². The fraction of sp³-hybridized carbons (Fsp3) is 0.471. The maximum Gasteiger partial charge on any atom is 0.144 e. The van der Waals surface area contributed by atoms with Crippen molar-refractivity contribution in [1.82, 2.24) is 0 Å². The first-order chi connectivity index (χ1) is 9.75. The van der Waals surface area contributed by atoms with Crippen LogP contribution >= 0.6 is 11.3 Å². The number of ketones is 1. The van der Waals surface area contributed by atoms with Crippen molar-refractivity contribution < 1.29 is 4.79 Å². The highest BCUT2D eigenvalue weighted by Gasteiger charge is 2.37. The summed E-state index contributed by atoms with van der Waals surface area (Å²) in [6, 6.07) is 8.33. The molecule has 20 heavy (non-hydrogen) atoms. The molecule has 0 spiro atoms. The molecule has 3 rings (SSSR count). The molecule has 2 aromatic rings. The first-order valence-corrected chi connectivity index (χ1v) is 8.32. The van der Waals surface area contributed by atoms with Crippen molar-refractivity contribution in [2.75, 3.05) is 6.54 Å². The van der Waals surface area contributed by atoms with Gasteiger partial charge in [0.15, 0.2) is 0 Å². The molecule has 0 bridgehead atoms. The van der Waals surface area contributed by atoms with E-state index in [1.54, 1.807) is 11.3 Å². The van der Waals surface area contributed by atoms with Crippen LogP contribution in [-0.4, -0.2) is 12.3 Å². The summed E-state index contributed by atoms with van der Waals surface area (Å²) in [5.41, 5.74) is 6.89. The quantitative estimate of drug-likeness (QED) is 0.926. The van der Waals surface area contributed by atoms with E-state index in [1.165, 1.54) is 22.1 Å². The van der Waals surface area contributed by atoms with Crippen LogP contribution in [0.5, 0.6) is 0 Å². The number of thiophene rings is 1. The predicted molar refractivity (Wildman–Crippen MR) is 85.1 cm³/mol. The Morgan fingerprint density at radius 1 is 1.20 bits per heavy atom. The fourth-order valence-electron chi connectivity index (χ4n) is 3.36. The van der Waals surface area contributed by atoms with Gasteiger partial charge in [-0.05, 0) is 35.2 Å². The number of hydrogen-bond donors (Lipinski definition) is 1. The molecule has 3 heteroatoms. The minimum Gasteiger partial charge on any atom is -0.329 e. The monoisotopic (exact) mass is 287 g/mol. The Labute approximate surface area is 124 Å². The molecule has 1 fully saturated rings. The number of nitrogens with two attached hydrogens (primary N) is 1. The van der Waals surface area contributed by atoms with Gasteiger partial charge in [0.25, 0.3) is 0 Å². The zero-order chi connectivity index (χ0) is 14.0. The highest BCUT2D eigenvalue weighted by molar-refractivity contribution is 7.17.